The molecular formula is C64H120N2O24. The molecule has 4 aliphatic rings. The summed E-state index contributed by atoms with van der Waals surface area (Å²) in [6.07, 6.45) is -6.02. The van der Waals surface area contributed by atoms with Crippen molar-refractivity contribution >= 4 is 11.8 Å². The Morgan fingerprint density at radius 2 is 0.856 bits per heavy atom. The molecule has 0 aromatic carbocycles. The Bertz CT molecular complexity index is 1870. The van der Waals surface area contributed by atoms with E-state index in [0.717, 1.165) is 64.7 Å². The standard InChI is InChI=1S/C64H120N2O24/c1-5-7-9-11-13-15-17-18-19-20-21-22-24-26-28-30-32-34-43(71)60(82)66-41(49(73)42(70)33-31-29-27-25-23-16-14-12-10-8-6-2)37-83-64-59(55(79)50(74)44(35-67)87-64)90-63-57(81)54(78)51(75)46(88-63)38-84-61-47(65-40(4)69)58(52(76)45(36-68)86-61)89-62-56(80)53(77)48(72)39(3)85-62/h39,41-59,61-64,67-68,70-81H,5-38H2,1-4H3,(H,65,69)(H,66,82)/t39-,41-,42+,43+,44+,45+,46+,47+,48-,49-,50-,51-,52-,53+,54-,55-,56+,57+,58+,59+,61+,62-,63+,64-/m0/s1. The highest BCUT2D eigenvalue weighted by Crippen LogP contribution is 2.34. The Morgan fingerprint density at radius 3 is 1.34 bits per heavy atom. The van der Waals surface area contributed by atoms with Gasteiger partial charge in [-0.2, -0.15) is 0 Å². The van der Waals surface area contributed by atoms with Crippen LogP contribution in [0.4, 0.5) is 0 Å². The summed E-state index contributed by atoms with van der Waals surface area (Å²) in [7, 11) is 0. The summed E-state index contributed by atoms with van der Waals surface area (Å²) in [5.74, 6) is -1.56. The normalized spacial score (nSPS) is 33.8. The number of unbranched alkanes of at least 4 members (excludes halogenated alkanes) is 26. The number of nitrogens with one attached hydrogen (secondary N) is 2. The van der Waals surface area contributed by atoms with Crippen LogP contribution in [0.2, 0.25) is 0 Å². The van der Waals surface area contributed by atoms with Crippen LogP contribution in [-0.4, -0.2) is 257 Å². The molecule has 0 unspecified atom stereocenters. The number of aliphatic hydroxyl groups is 14. The van der Waals surface area contributed by atoms with E-state index in [9.17, 15) is 81.1 Å². The molecule has 90 heavy (non-hydrogen) atoms. The summed E-state index contributed by atoms with van der Waals surface area (Å²) in [6, 6.07) is -2.92. The molecule has 4 fully saturated rings. The molecule has 0 aliphatic carbocycles. The van der Waals surface area contributed by atoms with Crippen LogP contribution in [0, 0.1) is 0 Å². The minimum Gasteiger partial charge on any atom is -0.394 e. The number of carbonyl (C=O) groups excluding carboxylic acids is 2. The molecule has 0 spiro atoms. The first kappa shape index (κ1) is 80.5. The lowest BCUT2D eigenvalue weighted by Gasteiger charge is -2.48. The quantitative estimate of drug-likeness (QED) is 0.0386. The Morgan fingerprint density at radius 1 is 0.444 bits per heavy atom. The molecular weight excluding hydrogens is 1180 g/mol. The average Bonchev–Trinajstić information content (AvgIpc) is 2.73. The van der Waals surface area contributed by atoms with Gasteiger partial charge in [-0.3, -0.25) is 9.59 Å². The van der Waals surface area contributed by atoms with Gasteiger partial charge in [-0.05, 0) is 19.8 Å². The van der Waals surface area contributed by atoms with E-state index in [2.05, 4.69) is 24.5 Å². The first-order chi connectivity index (χ1) is 43.2. The van der Waals surface area contributed by atoms with Crippen molar-refractivity contribution in [3.05, 3.63) is 0 Å². The van der Waals surface area contributed by atoms with Gasteiger partial charge in [0.05, 0.1) is 44.7 Å². The van der Waals surface area contributed by atoms with Crippen LogP contribution in [0.15, 0.2) is 0 Å². The zero-order chi connectivity index (χ0) is 66.1. The third-order valence-corrected chi connectivity index (χ3v) is 18.1. The Kier molecular flexibility index (Phi) is 40.0. The molecule has 0 bridgehead atoms. The Hall–Kier alpha value is -1.94. The molecule has 4 aliphatic heterocycles. The van der Waals surface area contributed by atoms with Gasteiger partial charge in [0.25, 0.3) is 0 Å². The third-order valence-electron chi connectivity index (χ3n) is 18.1. The second kappa shape index (κ2) is 44.7. The highest BCUT2D eigenvalue weighted by Gasteiger charge is 2.54. The predicted octanol–water partition coefficient (Wildman–Crippen LogP) is 1.76. The van der Waals surface area contributed by atoms with E-state index in [1.54, 1.807) is 0 Å². The van der Waals surface area contributed by atoms with Crippen LogP contribution in [-0.2, 0) is 47.5 Å². The van der Waals surface area contributed by atoms with Crippen molar-refractivity contribution in [2.45, 2.75) is 367 Å². The summed E-state index contributed by atoms with van der Waals surface area (Å²) in [6.45, 7) is 3.76. The molecule has 4 saturated heterocycles. The van der Waals surface area contributed by atoms with Crippen molar-refractivity contribution in [2.75, 3.05) is 26.4 Å². The topological polar surface area (TPSA) is 415 Å². The monoisotopic (exact) mass is 1300 g/mol. The smallest absolute Gasteiger partial charge is 0.249 e. The molecule has 0 saturated carbocycles. The highest BCUT2D eigenvalue weighted by atomic mass is 16.8. The van der Waals surface area contributed by atoms with Gasteiger partial charge in [0.2, 0.25) is 11.8 Å². The van der Waals surface area contributed by atoms with Gasteiger partial charge in [-0.15, -0.1) is 0 Å². The van der Waals surface area contributed by atoms with Gasteiger partial charge in [0, 0.05) is 6.92 Å². The van der Waals surface area contributed by atoms with Crippen molar-refractivity contribution in [3.63, 3.8) is 0 Å². The van der Waals surface area contributed by atoms with Crippen LogP contribution in [0.3, 0.4) is 0 Å². The van der Waals surface area contributed by atoms with Crippen LogP contribution in [0.5, 0.6) is 0 Å². The lowest BCUT2D eigenvalue weighted by atomic mass is 9.95. The van der Waals surface area contributed by atoms with Crippen LogP contribution < -0.4 is 10.6 Å². The fraction of sp³-hybridized carbons (Fsp3) is 0.969. The van der Waals surface area contributed by atoms with Gasteiger partial charge in [0.15, 0.2) is 25.2 Å². The van der Waals surface area contributed by atoms with E-state index < -0.39 is 185 Å². The second-order valence-corrected chi connectivity index (χ2v) is 25.7. The summed E-state index contributed by atoms with van der Waals surface area (Å²) >= 11 is 0. The van der Waals surface area contributed by atoms with E-state index >= 15 is 0 Å². The zero-order valence-electron chi connectivity index (χ0n) is 54.2. The van der Waals surface area contributed by atoms with Crippen LogP contribution >= 0.6 is 0 Å². The average molecular weight is 1300 g/mol. The molecule has 2 amide bonds. The summed E-state index contributed by atoms with van der Waals surface area (Å²) in [4.78, 5) is 26.3. The molecule has 26 nitrogen and oxygen atoms in total. The van der Waals surface area contributed by atoms with Crippen molar-refractivity contribution in [3.8, 4) is 0 Å². The molecule has 16 N–H and O–H groups in total. The fourth-order valence-electron chi connectivity index (χ4n) is 12.2. The minimum atomic E-state index is -2.10. The van der Waals surface area contributed by atoms with Gasteiger partial charge in [-0.25, -0.2) is 0 Å². The summed E-state index contributed by atoms with van der Waals surface area (Å²) in [5, 5.41) is 159. The number of amides is 2. The Labute approximate surface area is 533 Å². The van der Waals surface area contributed by atoms with E-state index in [0.29, 0.717) is 12.8 Å². The third kappa shape index (κ3) is 26.9. The van der Waals surface area contributed by atoms with Crippen molar-refractivity contribution in [1.29, 1.82) is 0 Å². The first-order valence-corrected chi connectivity index (χ1v) is 34.3. The number of ether oxygens (including phenoxy) is 8. The molecule has 530 valence electrons. The van der Waals surface area contributed by atoms with Crippen molar-refractivity contribution in [1.82, 2.24) is 10.6 Å². The van der Waals surface area contributed by atoms with Crippen molar-refractivity contribution in [2.24, 2.45) is 0 Å². The molecule has 4 heterocycles. The minimum absolute atomic E-state index is 0.124. The van der Waals surface area contributed by atoms with E-state index in [1.165, 1.54) is 116 Å². The van der Waals surface area contributed by atoms with E-state index in [-0.39, 0.29) is 12.8 Å². The lowest BCUT2D eigenvalue weighted by molar-refractivity contribution is -0.373. The van der Waals surface area contributed by atoms with Gasteiger partial charge in [-0.1, -0.05) is 194 Å². The molecule has 0 radical (unpaired) electrons. The number of hydrogen-bond donors (Lipinski definition) is 16. The van der Waals surface area contributed by atoms with E-state index in [1.807, 2.05) is 0 Å². The Balaban J connectivity index is 1.42. The van der Waals surface area contributed by atoms with Crippen LogP contribution in [0.25, 0.3) is 0 Å². The molecule has 0 aromatic rings. The maximum absolute atomic E-state index is 13.7. The highest BCUT2D eigenvalue weighted by molar-refractivity contribution is 5.80. The van der Waals surface area contributed by atoms with Gasteiger partial charge in [0.1, 0.15) is 104 Å². The summed E-state index contributed by atoms with van der Waals surface area (Å²) in [5.41, 5.74) is 0. The largest absolute Gasteiger partial charge is 0.394 e. The predicted molar refractivity (Wildman–Crippen MR) is 328 cm³/mol. The maximum Gasteiger partial charge on any atom is 0.249 e. The lowest BCUT2D eigenvalue weighted by Crippen LogP contribution is -2.68. The first-order valence-electron chi connectivity index (χ1n) is 34.3. The number of rotatable bonds is 47. The fourth-order valence-corrected chi connectivity index (χ4v) is 12.2. The molecule has 0 aromatic heterocycles. The molecule has 4 rings (SSSR count). The van der Waals surface area contributed by atoms with E-state index in [4.69, 9.17) is 37.9 Å². The van der Waals surface area contributed by atoms with Crippen LogP contribution in [0.1, 0.15) is 220 Å². The molecule has 24 atom stereocenters. The number of aliphatic hydroxyl groups excluding tert-OH is 14. The second-order valence-electron chi connectivity index (χ2n) is 25.7. The van der Waals surface area contributed by atoms with Crippen molar-refractivity contribution < 1.29 is 119 Å². The summed E-state index contributed by atoms with van der Waals surface area (Å²) < 4.78 is 47.1. The SMILES string of the molecule is CCCCCCCCCCCCCCCCCCC[C@@H](O)C(=O)N[C@@H](CO[C@H]1O[C@H](CO)[C@H](O)[C@H](O)[C@H]1O[C@H]1O[C@H](CO[C@@H]2O[C@H](CO)[C@H](O)[C@H](O[C@@H]3O[C@@H](C)[C@H](O)[C@@H](O)[C@H]3O)[C@H]2NC(C)=O)[C@H](O)[C@H](O)[C@H]1O)[C@H](O)[C@H](O)CCCCCCCCCCCCC. The number of carbonyl (C=O) groups is 2. The molecule has 26 heteroatoms. The van der Waals surface area contributed by atoms with Gasteiger partial charge < -0.3 is 120 Å². The van der Waals surface area contributed by atoms with Gasteiger partial charge >= 0.3 is 0 Å². The zero-order valence-corrected chi connectivity index (χ0v) is 54.2. The number of hydrogen-bond acceptors (Lipinski definition) is 24. The maximum atomic E-state index is 13.7.